The van der Waals surface area contributed by atoms with E-state index in [0.717, 1.165) is 73.6 Å². The van der Waals surface area contributed by atoms with Crippen molar-refractivity contribution in [1.82, 2.24) is 10.2 Å². The summed E-state index contributed by atoms with van der Waals surface area (Å²) in [6.07, 6.45) is 13.4. The molecule has 4 rings (SSSR count). The fourth-order valence-electron chi connectivity index (χ4n) is 7.02. The smallest absolute Gasteiger partial charge is 0.282 e. The maximum Gasteiger partial charge on any atom is 0.282 e. The van der Waals surface area contributed by atoms with Gasteiger partial charge in [0, 0.05) is 34.7 Å². The first-order valence-corrected chi connectivity index (χ1v) is 15.6. The second kappa shape index (κ2) is 13.4. The molecule has 0 spiro atoms. The number of halogens is 2. The molecule has 1 aromatic carbocycles. The van der Waals surface area contributed by atoms with Gasteiger partial charge in [-0.3, -0.25) is 4.99 Å². The Kier molecular flexibility index (Phi) is 10.1. The number of alkyl halides is 2. The van der Waals surface area contributed by atoms with Crippen LogP contribution in [-0.2, 0) is 5.41 Å². The van der Waals surface area contributed by atoms with E-state index < -0.39 is 5.92 Å². The van der Waals surface area contributed by atoms with E-state index in [1.54, 1.807) is 4.90 Å². The Morgan fingerprint density at radius 2 is 1.60 bits per heavy atom. The average Bonchev–Trinajstić information content (AvgIpc) is 2.95. The van der Waals surface area contributed by atoms with E-state index in [2.05, 4.69) is 68.5 Å². The highest BCUT2D eigenvalue weighted by molar-refractivity contribution is 5.99. The number of nitrogens with zero attached hydrogens (tertiary/aromatic N) is 2. The number of hydrogen-bond acceptors (Lipinski definition) is 4. The fraction of sp³-hybridized carbons (Fsp3) is 0.618. The highest BCUT2D eigenvalue weighted by Gasteiger charge is 2.49. The molecular weight excluding hydrogens is 502 g/mol. The number of likely N-dealkylation sites (tertiary alicyclic amines) is 1. The first-order valence-electron chi connectivity index (χ1n) is 15.6. The molecule has 1 heterocycles. The molecule has 2 aliphatic carbocycles. The number of anilines is 1. The van der Waals surface area contributed by atoms with E-state index in [-0.39, 0.29) is 24.5 Å². The lowest BCUT2D eigenvalue weighted by Crippen LogP contribution is -2.58. The number of aliphatic imine (C=N–C) groups is 1. The normalized spacial score (nSPS) is 21.7. The molecule has 6 heteroatoms. The quantitative estimate of drug-likeness (QED) is 0.241. The van der Waals surface area contributed by atoms with Crippen molar-refractivity contribution >= 4 is 11.4 Å². The van der Waals surface area contributed by atoms with Crippen molar-refractivity contribution in [1.29, 1.82) is 0 Å². The topological polar surface area (TPSA) is 39.7 Å². The summed E-state index contributed by atoms with van der Waals surface area (Å²) >= 11 is 0. The third-order valence-electron chi connectivity index (χ3n) is 9.24. The monoisotopic (exact) mass is 552 g/mol. The van der Waals surface area contributed by atoms with Gasteiger partial charge in [0.15, 0.2) is 0 Å². The van der Waals surface area contributed by atoms with E-state index in [9.17, 15) is 8.78 Å². The van der Waals surface area contributed by atoms with Crippen molar-refractivity contribution in [2.24, 2.45) is 10.9 Å². The molecule has 3 aliphatic rings. The number of rotatable bonds is 13. The molecule has 1 unspecified atom stereocenters. The molecule has 220 valence electrons. The summed E-state index contributed by atoms with van der Waals surface area (Å²) < 4.78 is 27.4. The third kappa shape index (κ3) is 6.98. The molecule has 4 nitrogen and oxygen atoms in total. The van der Waals surface area contributed by atoms with Crippen LogP contribution in [0.4, 0.5) is 14.5 Å². The summed E-state index contributed by atoms with van der Waals surface area (Å²) in [7, 11) is 0. The van der Waals surface area contributed by atoms with Gasteiger partial charge in [-0.2, -0.15) is 0 Å². The molecule has 0 bridgehead atoms. The van der Waals surface area contributed by atoms with Crippen LogP contribution >= 0.6 is 0 Å². The zero-order valence-corrected chi connectivity index (χ0v) is 24.8. The second-order valence-electron chi connectivity index (χ2n) is 12.2. The summed E-state index contributed by atoms with van der Waals surface area (Å²) in [6, 6.07) is 8.63. The summed E-state index contributed by atoms with van der Waals surface area (Å²) in [5.74, 6) is -2.10. The first kappa shape index (κ1) is 30.3. The van der Waals surface area contributed by atoms with Crippen LogP contribution in [0.3, 0.4) is 0 Å². The molecule has 1 aromatic rings. The van der Waals surface area contributed by atoms with Gasteiger partial charge in [0.25, 0.3) is 5.92 Å². The van der Waals surface area contributed by atoms with Gasteiger partial charge in [0.2, 0.25) is 0 Å². The van der Waals surface area contributed by atoms with Crippen molar-refractivity contribution in [3.63, 3.8) is 0 Å². The Hall–Kier alpha value is -2.63. The Morgan fingerprint density at radius 3 is 2.17 bits per heavy atom. The van der Waals surface area contributed by atoms with Crippen LogP contribution in [0.25, 0.3) is 0 Å². The maximum atomic E-state index is 13.7. The molecule has 0 radical (unpaired) electrons. The second-order valence-corrected chi connectivity index (χ2v) is 12.2. The van der Waals surface area contributed by atoms with E-state index in [0.29, 0.717) is 5.92 Å². The van der Waals surface area contributed by atoms with Crippen LogP contribution in [0.2, 0.25) is 0 Å². The number of nitrogens with one attached hydrogen (secondary N) is 2. The van der Waals surface area contributed by atoms with E-state index in [4.69, 9.17) is 4.99 Å². The molecule has 2 N–H and O–H groups in total. The minimum atomic E-state index is -2.60. The van der Waals surface area contributed by atoms with Gasteiger partial charge in [-0.05, 0) is 62.6 Å². The minimum Gasteiger partial charge on any atom is -0.376 e. The van der Waals surface area contributed by atoms with Crippen molar-refractivity contribution in [2.75, 3.05) is 25.0 Å². The van der Waals surface area contributed by atoms with Crippen molar-refractivity contribution < 1.29 is 8.78 Å². The van der Waals surface area contributed by atoms with E-state index in [1.807, 2.05) is 0 Å². The van der Waals surface area contributed by atoms with Crippen molar-refractivity contribution in [3.8, 4) is 0 Å². The number of allylic oxidation sites excluding steroid dienone is 2. The van der Waals surface area contributed by atoms with Crippen LogP contribution in [-0.4, -0.2) is 42.2 Å². The van der Waals surface area contributed by atoms with Crippen LogP contribution in [0.5, 0.6) is 0 Å². The summed E-state index contributed by atoms with van der Waals surface area (Å²) in [5.41, 5.74) is 5.69. The largest absolute Gasteiger partial charge is 0.376 e. The first-order chi connectivity index (χ1) is 19.2. The molecule has 3 fully saturated rings. The average molecular weight is 553 g/mol. The van der Waals surface area contributed by atoms with Gasteiger partial charge in [0.05, 0.1) is 24.8 Å². The third-order valence-corrected chi connectivity index (χ3v) is 9.24. The number of hydrogen-bond donors (Lipinski definition) is 2. The van der Waals surface area contributed by atoms with E-state index in [1.165, 1.54) is 44.1 Å². The van der Waals surface area contributed by atoms with Gasteiger partial charge in [-0.25, -0.2) is 8.78 Å². The lowest BCUT2D eigenvalue weighted by Gasteiger charge is -2.50. The standard InChI is InChI=1S/C34H50F2N4/c1-6-14-31(37-7-2)25(3)39-32(28-15-10-8-11-16-28)26(4)38-30-19-17-29(18-20-30)33(21-12-9-13-22-33)27(5)40-23-34(35,36)24-40/h17-20,28,32,38-39H,3-16,21-24H2,1-2H3/b37-31+. The SMILES string of the molecule is C=C(NC(C(=C)Nc1ccc(C2(C(=C)N3CC(F)(F)C3)CCCCC2)cc1)C1CCCCC1)/C(CCC)=N/CC. The molecule has 2 saturated carbocycles. The molecule has 1 aliphatic heterocycles. The zero-order chi connectivity index (χ0) is 28.8. The minimum absolute atomic E-state index is 0.0731. The fourth-order valence-corrected chi connectivity index (χ4v) is 7.02. The highest BCUT2D eigenvalue weighted by Crippen LogP contribution is 2.48. The molecule has 1 atom stereocenters. The Morgan fingerprint density at radius 1 is 0.975 bits per heavy atom. The van der Waals surface area contributed by atoms with Crippen LogP contribution in [0, 0.1) is 5.92 Å². The van der Waals surface area contributed by atoms with Gasteiger partial charge in [-0.15, -0.1) is 0 Å². The van der Waals surface area contributed by atoms with Crippen LogP contribution < -0.4 is 10.6 Å². The molecule has 1 saturated heterocycles. The summed E-state index contributed by atoms with van der Waals surface area (Å²) in [5, 5.41) is 7.33. The lowest BCUT2D eigenvalue weighted by molar-refractivity contribution is -0.121. The van der Waals surface area contributed by atoms with Crippen molar-refractivity contribution in [3.05, 3.63) is 66.7 Å². The Balaban J connectivity index is 1.50. The Labute approximate surface area is 241 Å². The predicted molar refractivity (Wildman–Crippen MR) is 165 cm³/mol. The summed E-state index contributed by atoms with van der Waals surface area (Å²) in [4.78, 5) is 6.51. The highest BCUT2D eigenvalue weighted by atomic mass is 19.3. The zero-order valence-electron chi connectivity index (χ0n) is 24.8. The van der Waals surface area contributed by atoms with Gasteiger partial charge < -0.3 is 15.5 Å². The van der Waals surface area contributed by atoms with Crippen LogP contribution in [0.1, 0.15) is 96.5 Å². The van der Waals surface area contributed by atoms with E-state index >= 15 is 0 Å². The van der Waals surface area contributed by atoms with Crippen LogP contribution in [0.15, 0.2) is 66.1 Å². The van der Waals surface area contributed by atoms with Gasteiger partial charge in [0.1, 0.15) is 0 Å². The van der Waals surface area contributed by atoms with Gasteiger partial charge >= 0.3 is 0 Å². The van der Waals surface area contributed by atoms with Crippen molar-refractivity contribution in [2.45, 2.75) is 108 Å². The molecule has 40 heavy (non-hydrogen) atoms. The molecule has 0 amide bonds. The van der Waals surface area contributed by atoms with Gasteiger partial charge in [-0.1, -0.05) is 83.7 Å². The summed E-state index contributed by atoms with van der Waals surface area (Å²) in [6.45, 7) is 17.8. The lowest BCUT2D eigenvalue weighted by atomic mass is 9.66. The molecular formula is C34H50F2N4. The Bertz CT molecular complexity index is 1050. The predicted octanol–water partition coefficient (Wildman–Crippen LogP) is 8.59. The maximum absolute atomic E-state index is 13.7. The molecule has 0 aromatic heterocycles. The number of benzene rings is 1.